The lowest BCUT2D eigenvalue weighted by molar-refractivity contribution is 0.0391. The van der Waals surface area contributed by atoms with Crippen LogP contribution in [0.1, 0.15) is 53.4 Å². The van der Waals surface area contributed by atoms with Gasteiger partial charge in [-0.05, 0) is 31.6 Å². The van der Waals surface area contributed by atoms with Gasteiger partial charge in [0, 0.05) is 25.2 Å². The van der Waals surface area contributed by atoms with Crippen LogP contribution in [0.2, 0.25) is 0 Å². The van der Waals surface area contributed by atoms with E-state index in [9.17, 15) is 0 Å². The van der Waals surface area contributed by atoms with E-state index < -0.39 is 0 Å². The van der Waals surface area contributed by atoms with Gasteiger partial charge in [-0.25, -0.2) is 0 Å². The molecule has 0 spiro atoms. The molecule has 1 heterocycles. The quantitative estimate of drug-likeness (QED) is 0.781. The van der Waals surface area contributed by atoms with Gasteiger partial charge in [0.15, 0.2) is 0 Å². The Morgan fingerprint density at radius 1 is 1.31 bits per heavy atom. The third-order valence-electron chi connectivity index (χ3n) is 4.28. The van der Waals surface area contributed by atoms with Crippen molar-refractivity contribution in [1.82, 2.24) is 4.90 Å². The zero-order chi connectivity index (χ0) is 12.1. The summed E-state index contributed by atoms with van der Waals surface area (Å²) < 4.78 is 0. The van der Waals surface area contributed by atoms with E-state index in [2.05, 4.69) is 32.6 Å². The molecule has 1 aliphatic heterocycles. The van der Waals surface area contributed by atoms with E-state index in [-0.39, 0.29) is 0 Å². The van der Waals surface area contributed by atoms with Gasteiger partial charge >= 0.3 is 0 Å². The lowest BCUT2D eigenvalue weighted by Gasteiger charge is -2.45. The molecule has 4 unspecified atom stereocenters. The fourth-order valence-electron chi connectivity index (χ4n) is 3.10. The molecule has 0 aromatic carbocycles. The predicted octanol–water partition coefficient (Wildman–Crippen LogP) is 2.87. The molecule has 0 aromatic rings. The summed E-state index contributed by atoms with van der Waals surface area (Å²) in [6.07, 6.45) is 5.25. The van der Waals surface area contributed by atoms with Crippen LogP contribution in [0.25, 0.3) is 0 Å². The van der Waals surface area contributed by atoms with Crippen molar-refractivity contribution >= 4 is 0 Å². The summed E-state index contributed by atoms with van der Waals surface area (Å²) in [5.74, 6) is 1.65. The largest absolute Gasteiger partial charge is 0.329 e. The highest BCUT2D eigenvalue weighted by Gasteiger charge is 2.32. The Hall–Kier alpha value is -0.0800. The van der Waals surface area contributed by atoms with Crippen molar-refractivity contribution in [2.45, 2.75) is 65.5 Å². The van der Waals surface area contributed by atoms with Gasteiger partial charge in [0.05, 0.1) is 0 Å². The van der Waals surface area contributed by atoms with Crippen LogP contribution in [0.4, 0.5) is 0 Å². The van der Waals surface area contributed by atoms with Crippen LogP contribution >= 0.6 is 0 Å². The molecule has 2 heteroatoms. The van der Waals surface area contributed by atoms with Gasteiger partial charge in [-0.3, -0.25) is 4.90 Å². The van der Waals surface area contributed by atoms with Gasteiger partial charge in [-0.2, -0.15) is 0 Å². The molecule has 96 valence electrons. The van der Waals surface area contributed by atoms with E-state index in [4.69, 9.17) is 5.73 Å². The Balaban J connectivity index is 2.59. The van der Waals surface area contributed by atoms with Crippen molar-refractivity contribution in [3.05, 3.63) is 0 Å². The number of nitrogens with two attached hydrogens (primary N) is 1. The van der Waals surface area contributed by atoms with Crippen molar-refractivity contribution < 1.29 is 0 Å². The standard InChI is InChI=1S/C14H30N2/c1-5-6-7-14(9-15)16-10-11(2)8-12(3)13(16)4/h11-14H,5-10,15H2,1-4H3. The van der Waals surface area contributed by atoms with Crippen LogP contribution in [-0.4, -0.2) is 30.1 Å². The zero-order valence-corrected chi connectivity index (χ0v) is 11.6. The van der Waals surface area contributed by atoms with E-state index in [0.29, 0.717) is 12.1 Å². The molecular weight excluding hydrogens is 196 g/mol. The summed E-state index contributed by atoms with van der Waals surface area (Å²) in [7, 11) is 0. The van der Waals surface area contributed by atoms with Crippen LogP contribution in [-0.2, 0) is 0 Å². The van der Waals surface area contributed by atoms with Crippen molar-refractivity contribution in [2.75, 3.05) is 13.1 Å². The van der Waals surface area contributed by atoms with Crippen LogP contribution in [0.5, 0.6) is 0 Å². The van der Waals surface area contributed by atoms with Crippen molar-refractivity contribution in [3.63, 3.8) is 0 Å². The first-order chi connectivity index (χ1) is 7.60. The maximum atomic E-state index is 5.96. The van der Waals surface area contributed by atoms with Gasteiger partial charge in [-0.1, -0.05) is 33.6 Å². The van der Waals surface area contributed by atoms with Gasteiger partial charge in [0.25, 0.3) is 0 Å². The van der Waals surface area contributed by atoms with Gasteiger partial charge in [-0.15, -0.1) is 0 Å². The maximum Gasteiger partial charge on any atom is 0.0221 e. The molecule has 0 radical (unpaired) electrons. The minimum atomic E-state index is 0.611. The number of hydrogen-bond donors (Lipinski definition) is 1. The lowest BCUT2D eigenvalue weighted by atomic mass is 9.84. The zero-order valence-electron chi connectivity index (χ0n) is 11.6. The molecule has 2 N–H and O–H groups in total. The topological polar surface area (TPSA) is 29.3 Å². The summed E-state index contributed by atoms with van der Waals surface area (Å²) in [4.78, 5) is 2.68. The first-order valence-corrected chi connectivity index (χ1v) is 7.05. The van der Waals surface area contributed by atoms with Crippen molar-refractivity contribution in [1.29, 1.82) is 0 Å². The molecule has 0 aliphatic carbocycles. The fourth-order valence-corrected chi connectivity index (χ4v) is 3.10. The van der Waals surface area contributed by atoms with Gasteiger partial charge in [0.1, 0.15) is 0 Å². The molecule has 16 heavy (non-hydrogen) atoms. The molecule has 2 nitrogen and oxygen atoms in total. The highest BCUT2D eigenvalue weighted by Crippen LogP contribution is 2.29. The minimum absolute atomic E-state index is 0.611. The van der Waals surface area contributed by atoms with Crippen molar-refractivity contribution in [3.8, 4) is 0 Å². The molecule has 1 fully saturated rings. The monoisotopic (exact) mass is 226 g/mol. The van der Waals surface area contributed by atoms with Crippen LogP contribution < -0.4 is 5.73 Å². The van der Waals surface area contributed by atoms with E-state index in [1.807, 2.05) is 0 Å². The Kier molecular flexibility index (Phi) is 5.77. The highest BCUT2D eigenvalue weighted by molar-refractivity contribution is 4.86. The number of likely N-dealkylation sites (tertiary alicyclic amines) is 1. The number of piperidine rings is 1. The van der Waals surface area contributed by atoms with E-state index in [0.717, 1.165) is 18.4 Å². The molecule has 0 bridgehead atoms. The first kappa shape index (κ1) is 14.0. The predicted molar refractivity (Wildman–Crippen MR) is 71.5 cm³/mol. The maximum absolute atomic E-state index is 5.96. The van der Waals surface area contributed by atoms with Crippen LogP contribution in [0.3, 0.4) is 0 Å². The molecule has 0 saturated carbocycles. The summed E-state index contributed by atoms with van der Waals surface area (Å²) >= 11 is 0. The normalized spacial score (nSPS) is 33.9. The summed E-state index contributed by atoms with van der Waals surface area (Å²) in [6.45, 7) is 11.5. The third kappa shape index (κ3) is 3.46. The number of rotatable bonds is 5. The summed E-state index contributed by atoms with van der Waals surface area (Å²) in [6, 6.07) is 1.32. The average molecular weight is 226 g/mol. The Labute approximate surface area is 102 Å². The smallest absolute Gasteiger partial charge is 0.0221 e. The molecule has 0 aromatic heterocycles. The Morgan fingerprint density at radius 3 is 2.56 bits per heavy atom. The summed E-state index contributed by atoms with van der Waals surface area (Å²) in [5, 5.41) is 0. The second-order valence-electron chi connectivity index (χ2n) is 5.79. The minimum Gasteiger partial charge on any atom is -0.329 e. The molecule has 4 atom stereocenters. The first-order valence-electron chi connectivity index (χ1n) is 7.05. The second kappa shape index (κ2) is 6.61. The van der Waals surface area contributed by atoms with Gasteiger partial charge in [0.2, 0.25) is 0 Å². The van der Waals surface area contributed by atoms with Crippen LogP contribution in [0.15, 0.2) is 0 Å². The van der Waals surface area contributed by atoms with Crippen molar-refractivity contribution in [2.24, 2.45) is 17.6 Å². The molecular formula is C14H30N2. The summed E-state index contributed by atoms with van der Waals surface area (Å²) in [5.41, 5.74) is 5.96. The fraction of sp³-hybridized carbons (Fsp3) is 1.00. The molecule has 1 rings (SSSR count). The number of hydrogen-bond acceptors (Lipinski definition) is 2. The van der Waals surface area contributed by atoms with Gasteiger partial charge < -0.3 is 5.73 Å². The molecule has 1 saturated heterocycles. The van der Waals surface area contributed by atoms with E-state index >= 15 is 0 Å². The lowest BCUT2D eigenvalue weighted by Crippen LogP contribution is -2.53. The molecule has 1 aliphatic rings. The Morgan fingerprint density at radius 2 is 2.00 bits per heavy atom. The third-order valence-corrected chi connectivity index (χ3v) is 4.28. The SMILES string of the molecule is CCCCC(CN)N1CC(C)CC(C)C1C. The second-order valence-corrected chi connectivity index (χ2v) is 5.79. The van der Waals surface area contributed by atoms with Crippen LogP contribution in [0, 0.1) is 11.8 Å². The Bertz CT molecular complexity index is 193. The average Bonchev–Trinajstić information content (AvgIpc) is 2.25. The number of nitrogens with zero attached hydrogens (tertiary/aromatic N) is 1. The molecule has 0 amide bonds. The van der Waals surface area contributed by atoms with E-state index in [1.54, 1.807) is 0 Å². The number of unbranched alkanes of at least 4 members (excludes halogenated alkanes) is 1. The highest BCUT2D eigenvalue weighted by atomic mass is 15.2. The van der Waals surface area contributed by atoms with E-state index in [1.165, 1.54) is 32.2 Å².